The van der Waals surface area contributed by atoms with Gasteiger partial charge in [0.2, 0.25) is 0 Å². The number of hydrogen-bond donors (Lipinski definition) is 2. The molecule has 24 heavy (non-hydrogen) atoms. The van der Waals surface area contributed by atoms with Gasteiger partial charge in [0, 0.05) is 13.2 Å². The summed E-state index contributed by atoms with van der Waals surface area (Å²) in [5, 5.41) is 6.80. The molecule has 0 unspecified atom stereocenters. The molecule has 0 aliphatic rings. The third-order valence-electron chi connectivity index (χ3n) is 3.59. The van der Waals surface area contributed by atoms with Gasteiger partial charge in [0.05, 0.1) is 35.6 Å². The third kappa shape index (κ3) is 2.65. The van der Waals surface area contributed by atoms with E-state index >= 15 is 0 Å². The summed E-state index contributed by atoms with van der Waals surface area (Å²) >= 11 is 0. The van der Waals surface area contributed by atoms with E-state index in [2.05, 4.69) is 15.4 Å². The Morgan fingerprint density at radius 3 is 2.79 bits per heavy atom. The summed E-state index contributed by atoms with van der Waals surface area (Å²) in [6.07, 6.45) is 3.08. The monoisotopic (exact) mass is 325 g/mol. The number of para-hydroxylation sites is 1. The van der Waals surface area contributed by atoms with Crippen LogP contribution in [0.15, 0.2) is 36.7 Å². The Labute approximate surface area is 137 Å². The number of aryl methyl sites for hydroxylation is 1. The van der Waals surface area contributed by atoms with Crippen LogP contribution in [0.3, 0.4) is 0 Å². The molecule has 8 heteroatoms. The molecule has 0 atom stereocenters. The minimum absolute atomic E-state index is 0.190. The lowest BCUT2D eigenvalue weighted by atomic mass is 10.1. The van der Waals surface area contributed by atoms with Crippen molar-refractivity contribution in [3.8, 4) is 5.75 Å². The Morgan fingerprint density at radius 1 is 1.29 bits per heavy atom. The van der Waals surface area contributed by atoms with Gasteiger partial charge >= 0.3 is 0 Å². The van der Waals surface area contributed by atoms with Gasteiger partial charge in [-0.2, -0.15) is 5.10 Å². The van der Waals surface area contributed by atoms with Crippen LogP contribution in [0, 0.1) is 0 Å². The largest absolute Gasteiger partial charge is 0.494 e. The van der Waals surface area contributed by atoms with Gasteiger partial charge in [-0.15, -0.1) is 0 Å². The first kappa shape index (κ1) is 15.5. The topological polar surface area (TPSA) is 112 Å². The Morgan fingerprint density at radius 2 is 2.08 bits per heavy atom. The molecule has 1 aromatic carbocycles. The van der Waals surface area contributed by atoms with Gasteiger partial charge < -0.3 is 15.8 Å². The lowest BCUT2D eigenvalue weighted by Gasteiger charge is -2.12. The van der Waals surface area contributed by atoms with Gasteiger partial charge in [-0.1, -0.05) is 6.07 Å². The summed E-state index contributed by atoms with van der Waals surface area (Å²) in [6.45, 7) is 0. The van der Waals surface area contributed by atoms with Crippen molar-refractivity contribution in [3.05, 3.63) is 47.8 Å². The fraction of sp³-hybridized carbons (Fsp3) is 0.125. The number of amides is 2. The number of nitrogens with one attached hydrogen (secondary N) is 1. The number of anilines is 1. The summed E-state index contributed by atoms with van der Waals surface area (Å²) in [5.41, 5.74) is 7.65. The van der Waals surface area contributed by atoms with Crippen LogP contribution in [0.5, 0.6) is 5.75 Å². The highest BCUT2D eigenvalue weighted by molar-refractivity contribution is 6.07. The average Bonchev–Trinajstić information content (AvgIpc) is 2.95. The molecule has 3 N–H and O–H groups in total. The average molecular weight is 325 g/mol. The first-order valence-electron chi connectivity index (χ1n) is 7.07. The van der Waals surface area contributed by atoms with E-state index in [0.717, 1.165) is 5.52 Å². The first-order valence-corrected chi connectivity index (χ1v) is 7.07. The number of carbonyl (C=O) groups is 2. The highest BCUT2D eigenvalue weighted by atomic mass is 16.5. The molecule has 8 nitrogen and oxygen atoms in total. The number of fused-ring (bicyclic) bond motifs is 1. The van der Waals surface area contributed by atoms with Crippen LogP contribution in [-0.2, 0) is 7.05 Å². The SMILES string of the molecule is COc1c(NC(=O)c2cnc3cnn(C)c3c2)cccc1C(N)=O. The maximum atomic E-state index is 12.5. The van der Waals surface area contributed by atoms with Crippen molar-refractivity contribution in [1.29, 1.82) is 0 Å². The summed E-state index contributed by atoms with van der Waals surface area (Å²) in [5.74, 6) is -0.806. The number of pyridine rings is 1. The number of rotatable bonds is 4. The van der Waals surface area contributed by atoms with Crippen LogP contribution >= 0.6 is 0 Å². The highest BCUT2D eigenvalue weighted by Crippen LogP contribution is 2.29. The molecule has 0 fully saturated rings. The van der Waals surface area contributed by atoms with Crippen molar-refractivity contribution in [3.63, 3.8) is 0 Å². The molecule has 2 heterocycles. The zero-order chi connectivity index (χ0) is 17.3. The van der Waals surface area contributed by atoms with Crippen LogP contribution in [0.25, 0.3) is 11.0 Å². The van der Waals surface area contributed by atoms with Crippen molar-refractivity contribution >= 4 is 28.5 Å². The van der Waals surface area contributed by atoms with Crippen LogP contribution in [0.1, 0.15) is 20.7 Å². The van der Waals surface area contributed by atoms with Gasteiger partial charge in [-0.3, -0.25) is 19.3 Å². The predicted molar refractivity (Wildman–Crippen MR) is 88.0 cm³/mol. The Bertz CT molecular complexity index is 948. The Hall–Kier alpha value is -3.42. The number of carbonyl (C=O) groups excluding carboxylic acids is 2. The van der Waals surface area contributed by atoms with Crippen molar-refractivity contribution in [2.24, 2.45) is 12.8 Å². The maximum absolute atomic E-state index is 12.5. The van der Waals surface area contributed by atoms with Crippen molar-refractivity contribution < 1.29 is 14.3 Å². The molecule has 2 amide bonds. The van der Waals surface area contributed by atoms with Gasteiger partial charge in [0.1, 0.15) is 5.52 Å². The minimum Gasteiger partial charge on any atom is -0.494 e. The van der Waals surface area contributed by atoms with Gasteiger partial charge in [0.15, 0.2) is 5.75 Å². The quantitative estimate of drug-likeness (QED) is 0.751. The molecule has 3 aromatic rings. The molecule has 2 aromatic heterocycles. The second kappa shape index (κ2) is 5.99. The summed E-state index contributed by atoms with van der Waals surface area (Å²) in [4.78, 5) is 28.1. The number of nitrogens with two attached hydrogens (primary N) is 1. The Balaban J connectivity index is 1.95. The summed E-state index contributed by atoms with van der Waals surface area (Å²) < 4.78 is 6.84. The van der Waals surface area contributed by atoms with E-state index in [0.29, 0.717) is 16.8 Å². The third-order valence-corrected chi connectivity index (χ3v) is 3.59. The molecule has 0 saturated heterocycles. The number of primary amides is 1. The summed E-state index contributed by atoms with van der Waals surface area (Å²) in [6, 6.07) is 6.45. The van der Waals surface area contributed by atoms with E-state index in [1.807, 2.05) is 0 Å². The fourth-order valence-electron chi connectivity index (χ4n) is 2.39. The number of aromatic nitrogens is 3. The molecule has 0 aliphatic carbocycles. The van der Waals surface area contributed by atoms with Gasteiger partial charge in [-0.05, 0) is 18.2 Å². The number of nitrogens with zero attached hydrogens (tertiary/aromatic N) is 3. The zero-order valence-corrected chi connectivity index (χ0v) is 13.1. The number of methoxy groups -OCH3 is 1. The molecule has 3 rings (SSSR count). The fourth-order valence-corrected chi connectivity index (χ4v) is 2.39. The molecular formula is C16H15N5O3. The molecular weight excluding hydrogens is 310 g/mol. The van der Waals surface area contributed by atoms with Crippen LogP contribution < -0.4 is 15.8 Å². The van der Waals surface area contributed by atoms with Crippen molar-refractivity contribution in [1.82, 2.24) is 14.8 Å². The van der Waals surface area contributed by atoms with E-state index in [1.54, 1.807) is 36.1 Å². The molecule has 122 valence electrons. The second-order valence-electron chi connectivity index (χ2n) is 5.10. The molecule has 0 aliphatic heterocycles. The van der Waals surface area contributed by atoms with Crippen molar-refractivity contribution in [2.45, 2.75) is 0 Å². The highest BCUT2D eigenvalue weighted by Gasteiger charge is 2.16. The van der Waals surface area contributed by atoms with Crippen LogP contribution in [0.4, 0.5) is 5.69 Å². The van der Waals surface area contributed by atoms with E-state index in [9.17, 15) is 9.59 Å². The lowest BCUT2D eigenvalue weighted by molar-refractivity contribution is 0.0993. The molecule has 0 bridgehead atoms. The maximum Gasteiger partial charge on any atom is 0.257 e. The van der Waals surface area contributed by atoms with Gasteiger partial charge in [0.25, 0.3) is 11.8 Å². The predicted octanol–water partition coefficient (Wildman–Crippen LogP) is 1.33. The first-order chi connectivity index (χ1) is 11.5. The number of benzene rings is 1. The lowest BCUT2D eigenvalue weighted by Crippen LogP contribution is -2.16. The van der Waals surface area contributed by atoms with Crippen LogP contribution in [0.2, 0.25) is 0 Å². The summed E-state index contributed by atoms with van der Waals surface area (Å²) in [7, 11) is 3.17. The molecule has 0 radical (unpaired) electrons. The van der Waals surface area contributed by atoms with E-state index < -0.39 is 5.91 Å². The van der Waals surface area contributed by atoms with E-state index in [4.69, 9.17) is 10.5 Å². The van der Waals surface area contributed by atoms with Gasteiger partial charge in [-0.25, -0.2) is 0 Å². The Kier molecular flexibility index (Phi) is 3.87. The number of ether oxygens (including phenoxy) is 1. The van der Waals surface area contributed by atoms with Crippen LogP contribution in [-0.4, -0.2) is 33.7 Å². The van der Waals surface area contributed by atoms with E-state index in [-0.39, 0.29) is 17.2 Å². The second-order valence-corrected chi connectivity index (χ2v) is 5.10. The smallest absolute Gasteiger partial charge is 0.257 e. The molecule has 0 spiro atoms. The molecule has 0 saturated carbocycles. The van der Waals surface area contributed by atoms with E-state index in [1.165, 1.54) is 19.4 Å². The van der Waals surface area contributed by atoms with Crippen molar-refractivity contribution in [2.75, 3.05) is 12.4 Å². The standard InChI is InChI=1S/C16H15N5O3/c1-21-13-6-9(7-18-12(13)8-19-21)16(23)20-11-5-3-4-10(15(17)22)14(11)24-2/h3-8H,1-2H3,(H2,17,22)(H,20,23). The zero-order valence-electron chi connectivity index (χ0n) is 13.1. The normalized spacial score (nSPS) is 10.6. The number of hydrogen-bond acceptors (Lipinski definition) is 5. The minimum atomic E-state index is -0.638.